The molecule has 0 aliphatic carbocycles. The zero-order valence-electron chi connectivity index (χ0n) is 19.3. The second-order valence-electron chi connectivity index (χ2n) is 8.41. The highest BCUT2D eigenvalue weighted by atomic mass is 35.5. The Hall–Kier alpha value is -3.10. The minimum absolute atomic E-state index is 0.259. The number of rotatable bonds is 8. The van der Waals surface area contributed by atoms with Gasteiger partial charge in [0.2, 0.25) is 0 Å². The molecule has 0 amide bonds. The van der Waals surface area contributed by atoms with Crippen molar-refractivity contribution in [2.75, 3.05) is 20.8 Å². The van der Waals surface area contributed by atoms with Gasteiger partial charge >= 0.3 is 5.97 Å². The van der Waals surface area contributed by atoms with Gasteiger partial charge < -0.3 is 18.7 Å². The molecule has 1 aromatic carbocycles. The summed E-state index contributed by atoms with van der Waals surface area (Å²) in [5.41, 5.74) is 1.34. The molecule has 3 rings (SSSR count). The molecule has 1 unspecified atom stereocenters. The summed E-state index contributed by atoms with van der Waals surface area (Å²) in [7, 11) is 3.02. The van der Waals surface area contributed by atoms with Crippen LogP contribution < -0.4 is 10.3 Å². The average molecular weight is 475 g/mol. The van der Waals surface area contributed by atoms with Crippen LogP contribution in [0.25, 0.3) is 22.4 Å². The Kier molecular flexibility index (Phi) is 7.61. The number of benzene rings is 1. The molecule has 0 spiro atoms. The van der Waals surface area contributed by atoms with Gasteiger partial charge in [0.25, 0.3) is 5.56 Å². The molecule has 0 saturated carbocycles. The fraction of sp³-hybridized carbons (Fsp3) is 0.375. The fourth-order valence-electron chi connectivity index (χ4n) is 3.43. The van der Waals surface area contributed by atoms with Gasteiger partial charge in [0.15, 0.2) is 0 Å². The number of ether oxygens (including phenoxy) is 3. The normalized spacial score (nSPS) is 12.4. The molecule has 0 aliphatic rings. The Labute approximate surface area is 197 Å². The maximum Gasteiger partial charge on any atom is 0.329 e. The number of nitrogens with zero attached hydrogens (tertiary/aromatic N) is 2. The molecule has 2 aromatic heterocycles. The lowest BCUT2D eigenvalue weighted by Crippen LogP contribution is -2.35. The summed E-state index contributed by atoms with van der Waals surface area (Å²) in [5, 5.41) is 4.48. The van der Waals surface area contributed by atoms with Gasteiger partial charge in [-0.1, -0.05) is 22.8 Å². The first-order valence-corrected chi connectivity index (χ1v) is 10.7. The van der Waals surface area contributed by atoms with Gasteiger partial charge in [0.05, 0.1) is 13.3 Å². The van der Waals surface area contributed by atoms with Crippen LogP contribution in [0.1, 0.15) is 33.2 Å². The topological polar surface area (TPSA) is 92.8 Å². The van der Waals surface area contributed by atoms with Crippen molar-refractivity contribution in [3.63, 3.8) is 0 Å². The molecule has 0 aliphatic heterocycles. The number of methoxy groups -OCH3 is 2. The molecular formula is C24H27ClN2O6. The van der Waals surface area contributed by atoms with E-state index in [1.165, 1.54) is 37.3 Å². The lowest BCUT2D eigenvalue weighted by Gasteiger charge is -2.25. The summed E-state index contributed by atoms with van der Waals surface area (Å²) in [4.78, 5) is 26.1. The molecule has 8 nitrogen and oxygen atoms in total. The zero-order chi connectivity index (χ0) is 24.2. The molecule has 0 N–H and O–H groups in total. The van der Waals surface area contributed by atoms with Crippen LogP contribution >= 0.6 is 11.6 Å². The van der Waals surface area contributed by atoms with E-state index in [-0.39, 0.29) is 13.0 Å². The van der Waals surface area contributed by atoms with Gasteiger partial charge in [-0.25, -0.2) is 4.79 Å². The van der Waals surface area contributed by atoms with E-state index in [0.29, 0.717) is 33.2 Å². The summed E-state index contributed by atoms with van der Waals surface area (Å²) >= 11 is 6.26. The number of esters is 1. The van der Waals surface area contributed by atoms with Crippen molar-refractivity contribution in [2.45, 2.75) is 38.8 Å². The number of carbonyl (C=O) groups is 1. The van der Waals surface area contributed by atoms with Crippen LogP contribution in [0.2, 0.25) is 5.02 Å². The van der Waals surface area contributed by atoms with E-state index in [4.69, 9.17) is 30.3 Å². The third kappa shape index (κ3) is 5.83. The highest BCUT2D eigenvalue weighted by Gasteiger charge is 2.28. The van der Waals surface area contributed by atoms with Crippen molar-refractivity contribution in [3.05, 3.63) is 58.2 Å². The van der Waals surface area contributed by atoms with E-state index in [1.807, 2.05) is 0 Å². The van der Waals surface area contributed by atoms with Crippen LogP contribution in [0.3, 0.4) is 0 Å². The predicted octanol–water partition coefficient (Wildman–Crippen LogP) is 4.75. The van der Waals surface area contributed by atoms with E-state index in [9.17, 15) is 9.59 Å². The van der Waals surface area contributed by atoms with Crippen molar-refractivity contribution in [1.29, 1.82) is 0 Å². The first kappa shape index (κ1) is 24.5. The number of halogens is 1. The van der Waals surface area contributed by atoms with E-state index in [1.54, 1.807) is 45.0 Å². The fourth-order valence-corrected chi connectivity index (χ4v) is 3.60. The van der Waals surface area contributed by atoms with E-state index in [2.05, 4.69) is 5.16 Å². The SMILES string of the molecule is COCCC(C(=O)OC(C)(C)C)n1cc(OC)c(-c2cc(Cl)ccc2-c2ccon2)cc1=O. The van der Waals surface area contributed by atoms with Gasteiger partial charge in [-0.2, -0.15) is 0 Å². The Morgan fingerprint density at radius 1 is 1.15 bits per heavy atom. The van der Waals surface area contributed by atoms with Gasteiger partial charge in [-0.05, 0) is 38.5 Å². The van der Waals surface area contributed by atoms with Crippen molar-refractivity contribution in [3.8, 4) is 28.1 Å². The summed E-state index contributed by atoms with van der Waals surface area (Å²) in [5.74, 6) is -0.143. The van der Waals surface area contributed by atoms with E-state index in [0.717, 1.165) is 0 Å². The predicted molar refractivity (Wildman–Crippen MR) is 125 cm³/mol. The molecule has 0 bridgehead atoms. The summed E-state index contributed by atoms with van der Waals surface area (Å²) in [6, 6.07) is 7.49. The molecule has 33 heavy (non-hydrogen) atoms. The van der Waals surface area contributed by atoms with Crippen LogP contribution in [-0.4, -0.2) is 42.1 Å². The molecule has 3 aromatic rings. The van der Waals surface area contributed by atoms with Gasteiger partial charge in [0.1, 0.15) is 29.3 Å². The quantitative estimate of drug-likeness (QED) is 0.435. The van der Waals surface area contributed by atoms with Crippen LogP contribution in [0.5, 0.6) is 5.75 Å². The maximum absolute atomic E-state index is 13.2. The van der Waals surface area contributed by atoms with Crippen molar-refractivity contribution in [2.24, 2.45) is 0 Å². The minimum atomic E-state index is -0.881. The second kappa shape index (κ2) is 10.2. The number of aromatic nitrogens is 2. The van der Waals surface area contributed by atoms with E-state index >= 15 is 0 Å². The van der Waals surface area contributed by atoms with Gasteiger partial charge in [-0.15, -0.1) is 0 Å². The van der Waals surface area contributed by atoms with Gasteiger partial charge in [0, 0.05) is 48.4 Å². The highest BCUT2D eigenvalue weighted by molar-refractivity contribution is 6.31. The summed E-state index contributed by atoms with van der Waals surface area (Å²) in [6.45, 7) is 5.59. The largest absolute Gasteiger partial charge is 0.495 e. The Bertz CT molecular complexity index is 1160. The highest BCUT2D eigenvalue weighted by Crippen LogP contribution is 2.38. The van der Waals surface area contributed by atoms with Crippen LogP contribution in [0.15, 0.2) is 52.1 Å². The average Bonchev–Trinajstić information content (AvgIpc) is 3.28. The number of carbonyl (C=O) groups excluding carboxylic acids is 1. The third-order valence-corrected chi connectivity index (χ3v) is 5.09. The monoisotopic (exact) mass is 474 g/mol. The van der Waals surface area contributed by atoms with Crippen LogP contribution in [0, 0.1) is 0 Å². The summed E-state index contributed by atoms with van der Waals surface area (Å²) < 4.78 is 22.6. The van der Waals surface area contributed by atoms with Crippen molar-refractivity contribution < 1.29 is 23.5 Å². The lowest BCUT2D eigenvalue weighted by molar-refractivity contribution is -0.159. The van der Waals surface area contributed by atoms with Crippen LogP contribution in [-0.2, 0) is 14.3 Å². The maximum atomic E-state index is 13.2. The molecule has 9 heteroatoms. The molecule has 1 atom stereocenters. The Morgan fingerprint density at radius 2 is 1.91 bits per heavy atom. The minimum Gasteiger partial charge on any atom is -0.495 e. The Morgan fingerprint density at radius 3 is 2.52 bits per heavy atom. The number of pyridine rings is 1. The zero-order valence-corrected chi connectivity index (χ0v) is 20.0. The summed E-state index contributed by atoms with van der Waals surface area (Å²) in [6.07, 6.45) is 3.23. The standard InChI is InChI=1S/C24H27ClN2O6/c1-24(2,3)33-23(29)20(9-10-30-4)27-14-21(31-5)18(13-22(27)28)17-12-15(25)6-7-16(17)19-8-11-32-26-19/h6-8,11-14,20H,9-10H2,1-5H3. The third-order valence-electron chi connectivity index (χ3n) is 4.86. The lowest BCUT2D eigenvalue weighted by atomic mass is 9.97. The molecular weight excluding hydrogens is 448 g/mol. The smallest absolute Gasteiger partial charge is 0.329 e. The van der Waals surface area contributed by atoms with Crippen molar-refractivity contribution >= 4 is 17.6 Å². The molecule has 0 fully saturated rings. The molecule has 0 radical (unpaired) electrons. The first-order valence-electron chi connectivity index (χ1n) is 10.4. The molecule has 0 saturated heterocycles. The molecule has 176 valence electrons. The first-order chi connectivity index (χ1) is 15.6. The molecule has 2 heterocycles. The van der Waals surface area contributed by atoms with Crippen molar-refractivity contribution in [1.82, 2.24) is 9.72 Å². The van der Waals surface area contributed by atoms with Gasteiger partial charge in [-0.3, -0.25) is 9.36 Å². The second-order valence-corrected chi connectivity index (χ2v) is 8.84. The van der Waals surface area contributed by atoms with E-state index < -0.39 is 23.2 Å². The number of hydrogen-bond acceptors (Lipinski definition) is 7. The number of hydrogen-bond donors (Lipinski definition) is 0. The Balaban J connectivity index is 2.14. The van der Waals surface area contributed by atoms with Crippen LogP contribution in [0.4, 0.5) is 0 Å².